The first-order valence-electron chi connectivity index (χ1n) is 5.86. The number of hydrogen-bond acceptors (Lipinski definition) is 0. The first kappa shape index (κ1) is 13.0. The van der Waals surface area contributed by atoms with Gasteiger partial charge in [0.05, 0.1) is 0 Å². The fraction of sp³-hybridized carbons (Fsp3) is 0.200. The molecule has 2 heteroatoms. The predicted molar refractivity (Wildman–Crippen MR) is 76.8 cm³/mol. The molecule has 0 aliphatic heterocycles. The van der Waals surface area contributed by atoms with E-state index in [0.29, 0.717) is 0 Å². The van der Waals surface area contributed by atoms with Crippen LogP contribution in [0.15, 0.2) is 60.7 Å². The number of rotatable bonds is 5. The van der Waals surface area contributed by atoms with Gasteiger partial charge in [0.25, 0.3) is 0 Å². The zero-order chi connectivity index (χ0) is 11.9. The molecule has 0 aromatic heterocycles. The molecule has 0 N–H and O–H groups in total. The topological polar surface area (TPSA) is 0 Å². The van der Waals surface area contributed by atoms with Crippen LogP contribution in [0.1, 0.15) is 11.1 Å². The molecular formula is C15H16ClSn. The van der Waals surface area contributed by atoms with E-state index in [4.69, 9.17) is 11.6 Å². The summed E-state index contributed by atoms with van der Waals surface area (Å²) in [6.07, 6.45) is 0. The number of hydrogen-bond donors (Lipinski definition) is 0. The van der Waals surface area contributed by atoms with E-state index in [1.54, 1.807) is 0 Å². The van der Waals surface area contributed by atoms with Gasteiger partial charge in [-0.1, -0.05) is 0 Å². The second-order valence-corrected chi connectivity index (χ2v) is 13.1. The van der Waals surface area contributed by atoms with Crippen molar-refractivity contribution in [2.75, 3.05) is 3.90 Å². The van der Waals surface area contributed by atoms with Crippen molar-refractivity contribution in [3.63, 3.8) is 0 Å². The molecule has 1 radical (unpaired) electrons. The maximum absolute atomic E-state index is 6.15. The second kappa shape index (κ2) is 7.07. The molecule has 0 fully saturated rings. The molecule has 17 heavy (non-hydrogen) atoms. The van der Waals surface area contributed by atoms with Gasteiger partial charge in [-0.15, -0.1) is 0 Å². The van der Waals surface area contributed by atoms with Crippen molar-refractivity contribution >= 4 is 31.4 Å². The molecule has 0 unspecified atom stereocenters. The molecule has 0 aliphatic rings. The fourth-order valence-electron chi connectivity index (χ4n) is 1.93. The molecular weight excluding hydrogens is 334 g/mol. The summed E-state index contributed by atoms with van der Waals surface area (Å²) in [6.45, 7) is 0. The molecule has 2 aromatic carbocycles. The number of benzene rings is 2. The van der Waals surface area contributed by atoms with Crippen molar-refractivity contribution in [2.45, 2.75) is 8.87 Å². The van der Waals surface area contributed by atoms with Crippen molar-refractivity contribution in [3.05, 3.63) is 71.8 Å². The van der Waals surface area contributed by atoms with Crippen LogP contribution in [0.3, 0.4) is 0 Å². The summed E-state index contributed by atoms with van der Waals surface area (Å²) in [6, 6.07) is 21.5. The first-order valence-corrected chi connectivity index (χ1v) is 12.4. The maximum atomic E-state index is 6.15. The second-order valence-electron chi connectivity index (χ2n) is 4.21. The third-order valence-electron chi connectivity index (χ3n) is 2.78. The zero-order valence-electron chi connectivity index (χ0n) is 9.77. The van der Waals surface area contributed by atoms with E-state index in [1.165, 1.54) is 20.0 Å². The SMILES string of the molecule is Cl[CH2][Sn]([CH2]c1ccccc1)[CH2]c1ccccc1. The fourth-order valence-corrected chi connectivity index (χ4v) is 8.73. The summed E-state index contributed by atoms with van der Waals surface area (Å²) in [7, 11) is 0. The van der Waals surface area contributed by atoms with Crippen molar-refractivity contribution in [3.8, 4) is 0 Å². The summed E-state index contributed by atoms with van der Waals surface area (Å²) in [5, 5.41) is 0. The Kier molecular flexibility index (Phi) is 5.40. The molecule has 0 nitrogen and oxygen atoms in total. The minimum absolute atomic E-state index is 0.909. The molecule has 2 rings (SSSR count). The summed E-state index contributed by atoms with van der Waals surface area (Å²) < 4.78 is 3.41. The van der Waals surface area contributed by atoms with Gasteiger partial charge in [-0.05, 0) is 0 Å². The number of alkyl halides is 1. The molecule has 2 aromatic rings. The van der Waals surface area contributed by atoms with Crippen LogP contribution in [-0.2, 0) is 8.87 Å². The quantitative estimate of drug-likeness (QED) is 0.568. The van der Waals surface area contributed by atoms with Crippen molar-refractivity contribution in [1.29, 1.82) is 0 Å². The van der Waals surface area contributed by atoms with Crippen LogP contribution in [0.4, 0.5) is 0 Å². The van der Waals surface area contributed by atoms with Crippen LogP contribution in [0.5, 0.6) is 0 Å². The average Bonchev–Trinajstić information content (AvgIpc) is 2.40. The molecule has 0 bridgehead atoms. The van der Waals surface area contributed by atoms with Crippen LogP contribution in [0.25, 0.3) is 0 Å². The van der Waals surface area contributed by atoms with Gasteiger partial charge < -0.3 is 0 Å². The third kappa shape index (κ3) is 4.36. The molecule has 0 aliphatic carbocycles. The Morgan fingerprint density at radius 1 is 0.706 bits per heavy atom. The normalized spacial score (nSPS) is 10.7. The van der Waals surface area contributed by atoms with Gasteiger partial charge in [0, 0.05) is 0 Å². The van der Waals surface area contributed by atoms with Crippen LogP contribution in [0.2, 0.25) is 0 Å². The molecule has 0 saturated heterocycles. The molecule has 0 amide bonds. The Labute approximate surface area is 115 Å². The average molecular weight is 350 g/mol. The van der Waals surface area contributed by atoms with Crippen molar-refractivity contribution < 1.29 is 0 Å². The Hall–Kier alpha value is -0.471. The van der Waals surface area contributed by atoms with E-state index in [1.807, 2.05) is 0 Å². The predicted octanol–water partition coefficient (Wildman–Crippen LogP) is 3.82. The van der Waals surface area contributed by atoms with Gasteiger partial charge in [0.1, 0.15) is 0 Å². The number of halogens is 1. The van der Waals surface area contributed by atoms with E-state index in [2.05, 4.69) is 60.7 Å². The van der Waals surface area contributed by atoms with E-state index in [9.17, 15) is 0 Å². The molecule has 0 heterocycles. The van der Waals surface area contributed by atoms with Gasteiger partial charge in [-0.25, -0.2) is 0 Å². The standard InChI is InChI=1S/2C7H7.CH2Cl.Sn/c2*1-7-5-3-2-4-6-7;1-2;/h2*2-6H,1H2;1H2;. The van der Waals surface area contributed by atoms with Gasteiger partial charge in [-0.3, -0.25) is 0 Å². The van der Waals surface area contributed by atoms with Crippen LogP contribution >= 0.6 is 11.6 Å². The molecule has 87 valence electrons. The Morgan fingerprint density at radius 3 is 1.47 bits per heavy atom. The first-order chi connectivity index (χ1) is 8.38. The van der Waals surface area contributed by atoms with E-state index in [0.717, 1.165) is 3.90 Å². The van der Waals surface area contributed by atoms with Crippen LogP contribution in [0, 0.1) is 0 Å². The summed E-state index contributed by atoms with van der Waals surface area (Å²) in [4.78, 5) is 0. The summed E-state index contributed by atoms with van der Waals surface area (Å²) in [5.74, 6) is 0. The van der Waals surface area contributed by atoms with Gasteiger partial charge in [0.15, 0.2) is 0 Å². The van der Waals surface area contributed by atoms with Gasteiger partial charge >= 0.3 is 116 Å². The molecule has 0 atom stereocenters. The Bertz CT molecular complexity index is 386. The van der Waals surface area contributed by atoms with Crippen molar-refractivity contribution in [2.24, 2.45) is 0 Å². The van der Waals surface area contributed by atoms with E-state index in [-0.39, 0.29) is 0 Å². The summed E-state index contributed by atoms with van der Waals surface area (Å²) >= 11 is 4.66. The molecule has 0 saturated carbocycles. The molecule has 0 spiro atoms. The van der Waals surface area contributed by atoms with Crippen LogP contribution in [-0.4, -0.2) is 23.7 Å². The zero-order valence-corrected chi connectivity index (χ0v) is 13.4. The monoisotopic (exact) mass is 351 g/mol. The van der Waals surface area contributed by atoms with Crippen LogP contribution < -0.4 is 0 Å². The minimum atomic E-state index is -1.49. The summed E-state index contributed by atoms with van der Waals surface area (Å²) in [5.41, 5.74) is 2.91. The van der Waals surface area contributed by atoms with Gasteiger partial charge in [0.2, 0.25) is 0 Å². The van der Waals surface area contributed by atoms with E-state index >= 15 is 0 Å². The van der Waals surface area contributed by atoms with E-state index < -0.39 is 19.8 Å². The van der Waals surface area contributed by atoms with Crippen molar-refractivity contribution in [1.82, 2.24) is 0 Å². The Balaban J connectivity index is 1.98. The Morgan fingerprint density at radius 2 is 1.12 bits per heavy atom. The van der Waals surface area contributed by atoms with Gasteiger partial charge in [-0.2, -0.15) is 0 Å². The third-order valence-corrected chi connectivity index (χ3v) is 11.6.